The molecule has 0 radical (unpaired) electrons. The maximum absolute atomic E-state index is 5.88. The summed E-state index contributed by atoms with van der Waals surface area (Å²) in [6.45, 7) is 7.04. The Hall–Kier alpha value is -1.80. The van der Waals surface area contributed by atoms with Gasteiger partial charge in [0.2, 0.25) is 0 Å². The lowest BCUT2D eigenvalue weighted by Crippen LogP contribution is -2.14. The molecule has 1 unspecified atom stereocenters. The lowest BCUT2D eigenvalue weighted by atomic mass is 10.0. The molecule has 0 heterocycles. The molecule has 2 nitrogen and oxygen atoms in total. The molecule has 0 saturated heterocycles. The first-order valence-electron chi connectivity index (χ1n) is 7.59. The third kappa shape index (κ3) is 4.33. The molecular formula is C19H25NO. The first-order chi connectivity index (χ1) is 10.1. The van der Waals surface area contributed by atoms with Gasteiger partial charge in [0.15, 0.2) is 0 Å². The second-order valence-corrected chi connectivity index (χ2v) is 5.60. The highest BCUT2D eigenvalue weighted by Gasteiger charge is 2.06. The zero-order chi connectivity index (χ0) is 15.2. The van der Waals surface area contributed by atoms with E-state index in [-0.39, 0.29) is 0 Å². The summed E-state index contributed by atoms with van der Waals surface area (Å²) in [5, 5.41) is 3.32. The van der Waals surface area contributed by atoms with Crippen molar-refractivity contribution in [1.82, 2.24) is 5.32 Å². The number of hydrogen-bond donors (Lipinski definition) is 1. The Balaban J connectivity index is 2.00. The van der Waals surface area contributed by atoms with Gasteiger partial charge in [0.25, 0.3) is 0 Å². The Morgan fingerprint density at radius 1 is 1.00 bits per heavy atom. The van der Waals surface area contributed by atoms with Crippen LogP contribution in [0.5, 0.6) is 5.75 Å². The molecule has 2 heteroatoms. The molecule has 0 saturated carbocycles. The molecule has 21 heavy (non-hydrogen) atoms. The average molecular weight is 283 g/mol. The van der Waals surface area contributed by atoms with Crippen molar-refractivity contribution in [3.05, 3.63) is 64.7 Å². The lowest BCUT2D eigenvalue weighted by molar-refractivity contribution is 0.306. The maximum Gasteiger partial charge on any atom is 0.119 e. The zero-order valence-corrected chi connectivity index (χ0v) is 13.4. The van der Waals surface area contributed by atoms with Gasteiger partial charge in [0, 0.05) is 6.04 Å². The fourth-order valence-corrected chi connectivity index (χ4v) is 2.72. The number of ether oxygens (including phenoxy) is 1. The van der Waals surface area contributed by atoms with E-state index in [4.69, 9.17) is 4.74 Å². The minimum Gasteiger partial charge on any atom is -0.489 e. The minimum atomic E-state index is 0.415. The molecule has 0 bridgehead atoms. The molecule has 0 aliphatic carbocycles. The molecule has 2 rings (SSSR count). The number of benzene rings is 2. The number of aryl methyl sites for hydroxylation is 2. The van der Waals surface area contributed by atoms with Crippen LogP contribution in [0.2, 0.25) is 0 Å². The third-order valence-electron chi connectivity index (χ3n) is 3.73. The van der Waals surface area contributed by atoms with E-state index in [0.29, 0.717) is 12.6 Å². The maximum atomic E-state index is 5.88. The largest absolute Gasteiger partial charge is 0.489 e. The smallest absolute Gasteiger partial charge is 0.119 e. The van der Waals surface area contributed by atoms with Gasteiger partial charge in [-0.3, -0.25) is 0 Å². The van der Waals surface area contributed by atoms with Crippen LogP contribution < -0.4 is 10.1 Å². The Kier molecular flexibility index (Phi) is 5.40. The second-order valence-electron chi connectivity index (χ2n) is 5.60. The molecule has 112 valence electrons. The van der Waals surface area contributed by atoms with E-state index >= 15 is 0 Å². The van der Waals surface area contributed by atoms with E-state index in [1.54, 1.807) is 0 Å². The lowest BCUT2D eigenvalue weighted by Gasteiger charge is -2.15. The molecule has 0 aromatic heterocycles. The molecule has 0 aliphatic rings. The van der Waals surface area contributed by atoms with Crippen LogP contribution in [0.3, 0.4) is 0 Å². The van der Waals surface area contributed by atoms with Gasteiger partial charge in [0.1, 0.15) is 12.4 Å². The molecule has 0 spiro atoms. The molecule has 2 aromatic carbocycles. The Bertz CT molecular complexity index is 550. The third-order valence-corrected chi connectivity index (χ3v) is 3.73. The summed E-state index contributed by atoms with van der Waals surface area (Å²) >= 11 is 0. The summed E-state index contributed by atoms with van der Waals surface area (Å²) in [5.41, 5.74) is 5.09. The fraction of sp³-hybridized carbons (Fsp3) is 0.368. The normalized spacial score (nSPS) is 12.2. The zero-order valence-electron chi connectivity index (χ0n) is 13.4. The van der Waals surface area contributed by atoms with Crippen molar-refractivity contribution in [2.45, 2.75) is 39.8 Å². The predicted octanol–water partition coefficient (Wildman–Crippen LogP) is 4.55. The van der Waals surface area contributed by atoms with Crippen molar-refractivity contribution in [3.63, 3.8) is 0 Å². The van der Waals surface area contributed by atoms with Gasteiger partial charge < -0.3 is 10.1 Å². The number of rotatable bonds is 6. The van der Waals surface area contributed by atoms with Gasteiger partial charge in [-0.1, -0.05) is 48.4 Å². The van der Waals surface area contributed by atoms with E-state index < -0.39 is 0 Å². The van der Waals surface area contributed by atoms with E-state index in [1.807, 2.05) is 7.05 Å². The highest BCUT2D eigenvalue weighted by molar-refractivity contribution is 5.31. The Morgan fingerprint density at radius 2 is 1.62 bits per heavy atom. The van der Waals surface area contributed by atoms with Gasteiger partial charge in [-0.15, -0.1) is 0 Å². The fourth-order valence-electron chi connectivity index (χ4n) is 2.72. The van der Waals surface area contributed by atoms with Crippen LogP contribution in [-0.4, -0.2) is 7.05 Å². The van der Waals surface area contributed by atoms with Crippen molar-refractivity contribution >= 4 is 0 Å². The van der Waals surface area contributed by atoms with Crippen LogP contribution in [0.15, 0.2) is 42.5 Å². The van der Waals surface area contributed by atoms with Crippen LogP contribution in [-0.2, 0) is 6.61 Å². The van der Waals surface area contributed by atoms with Crippen LogP contribution in [0.1, 0.15) is 41.6 Å². The summed E-state index contributed by atoms with van der Waals surface area (Å²) in [6, 6.07) is 15.3. The molecule has 0 aliphatic heterocycles. The van der Waals surface area contributed by atoms with Gasteiger partial charge >= 0.3 is 0 Å². The van der Waals surface area contributed by atoms with E-state index in [9.17, 15) is 0 Å². The van der Waals surface area contributed by atoms with Gasteiger partial charge in [-0.2, -0.15) is 0 Å². The second kappa shape index (κ2) is 7.28. The first-order valence-corrected chi connectivity index (χ1v) is 7.59. The topological polar surface area (TPSA) is 21.3 Å². The van der Waals surface area contributed by atoms with Crippen LogP contribution in [0, 0.1) is 13.8 Å². The van der Waals surface area contributed by atoms with Crippen LogP contribution >= 0.6 is 0 Å². The summed E-state index contributed by atoms with van der Waals surface area (Å²) in [5.74, 6) is 0.920. The van der Waals surface area contributed by atoms with Crippen LogP contribution in [0.25, 0.3) is 0 Å². The standard InChI is InChI=1S/C19H25NO/c1-5-19(20-4)17-6-8-18(9-7-17)21-13-16-11-14(2)10-15(3)12-16/h6-12,19-20H,5,13H2,1-4H3. The van der Waals surface area contributed by atoms with Crippen molar-refractivity contribution < 1.29 is 4.74 Å². The monoisotopic (exact) mass is 283 g/mol. The molecular weight excluding hydrogens is 258 g/mol. The highest BCUT2D eigenvalue weighted by Crippen LogP contribution is 2.21. The number of nitrogens with one attached hydrogen (secondary N) is 1. The Morgan fingerprint density at radius 3 is 2.14 bits per heavy atom. The summed E-state index contributed by atoms with van der Waals surface area (Å²) in [7, 11) is 2.00. The first kappa shape index (κ1) is 15.6. The molecule has 1 atom stereocenters. The van der Waals surface area contributed by atoms with Crippen LogP contribution in [0.4, 0.5) is 0 Å². The highest BCUT2D eigenvalue weighted by atomic mass is 16.5. The summed E-state index contributed by atoms with van der Waals surface area (Å²) in [6.07, 6.45) is 1.08. The summed E-state index contributed by atoms with van der Waals surface area (Å²) < 4.78 is 5.88. The Labute approximate surface area is 128 Å². The average Bonchev–Trinajstić information content (AvgIpc) is 2.47. The minimum absolute atomic E-state index is 0.415. The quantitative estimate of drug-likeness (QED) is 0.839. The van der Waals surface area contributed by atoms with Crippen molar-refractivity contribution in [2.75, 3.05) is 7.05 Å². The van der Waals surface area contributed by atoms with E-state index in [2.05, 4.69) is 68.6 Å². The van der Waals surface area contributed by atoms with Crippen molar-refractivity contribution in [3.8, 4) is 5.75 Å². The van der Waals surface area contributed by atoms with Gasteiger partial charge in [-0.05, 0) is 50.6 Å². The summed E-state index contributed by atoms with van der Waals surface area (Å²) in [4.78, 5) is 0. The van der Waals surface area contributed by atoms with E-state index in [1.165, 1.54) is 22.3 Å². The van der Waals surface area contributed by atoms with Gasteiger partial charge in [0.05, 0.1) is 0 Å². The molecule has 2 aromatic rings. The van der Waals surface area contributed by atoms with Crippen molar-refractivity contribution in [1.29, 1.82) is 0 Å². The molecule has 1 N–H and O–H groups in total. The molecule has 0 amide bonds. The SMILES string of the molecule is CCC(NC)c1ccc(OCc2cc(C)cc(C)c2)cc1. The van der Waals surface area contributed by atoms with Crippen molar-refractivity contribution in [2.24, 2.45) is 0 Å². The van der Waals surface area contributed by atoms with E-state index in [0.717, 1.165) is 12.2 Å². The number of hydrogen-bond acceptors (Lipinski definition) is 2. The van der Waals surface area contributed by atoms with Gasteiger partial charge in [-0.25, -0.2) is 0 Å². The predicted molar refractivity (Wildman–Crippen MR) is 88.8 cm³/mol. The molecule has 0 fully saturated rings.